The van der Waals surface area contributed by atoms with Crippen molar-refractivity contribution in [2.24, 2.45) is 11.7 Å². The number of nitrogens with two attached hydrogens (primary N) is 1. The van der Waals surface area contributed by atoms with E-state index in [1.165, 1.54) is 0 Å². The third kappa shape index (κ3) is 4.35. The van der Waals surface area contributed by atoms with Crippen molar-refractivity contribution in [2.75, 3.05) is 33.4 Å². The Balaban J connectivity index is 1.41. The molecule has 1 aliphatic heterocycles. The van der Waals surface area contributed by atoms with Crippen molar-refractivity contribution in [2.45, 2.75) is 55.5 Å². The maximum atomic E-state index is 13.6. The fraction of sp³-hybridized carbons (Fsp3) is 0.469. The standard InChI is InChI=1S/C32H37ClN2O5/c1-39-14-5-4-12-31(38)29-24(10-11-25(33)28(29)22-9-8-20-6-2-3-7-21(20)16-22)32(31)19-35(13-15-40-32)30(37)23-17-26(34)27(36)18-23/h2-3,6-11,16,23,26-27,36,38H,4-5,12-15,17-19,34H2,1H3/t23-,26+,27-,31+,32-/m0/s1. The highest BCUT2D eigenvalue weighted by atomic mass is 35.5. The maximum absolute atomic E-state index is 13.6. The number of methoxy groups -OCH3 is 1. The number of nitrogens with zero attached hydrogens (tertiary/aromatic N) is 1. The second-order valence-corrected chi connectivity index (χ2v) is 12.0. The first kappa shape index (κ1) is 27.6. The second-order valence-electron chi connectivity index (χ2n) is 11.6. The molecule has 5 atom stereocenters. The molecule has 1 spiro atoms. The summed E-state index contributed by atoms with van der Waals surface area (Å²) in [5, 5.41) is 25.6. The lowest BCUT2D eigenvalue weighted by Gasteiger charge is -2.60. The number of hydrogen-bond acceptors (Lipinski definition) is 6. The summed E-state index contributed by atoms with van der Waals surface area (Å²) in [6.45, 7) is 1.57. The van der Waals surface area contributed by atoms with E-state index in [2.05, 4.69) is 24.3 Å². The summed E-state index contributed by atoms with van der Waals surface area (Å²) in [5.41, 5.74) is 6.99. The molecule has 3 aromatic carbocycles. The molecule has 8 heteroatoms. The molecule has 1 amide bonds. The molecule has 212 valence electrons. The van der Waals surface area contributed by atoms with E-state index in [0.717, 1.165) is 45.9 Å². The molecule has 40 heavy (non-hydrogen) atoms. The van der Waals surface area contributed by atoms with E-state index in [-0.39, 0.29) is 18.4 Å². The van der Waals surface area contributed by atoms with E-state index >= 15 is 0 Å². The molecule has 0 unspecified atom stereocenters. The van der Waals surface area contributed by atoms with E-state index < -0.39 is 23.3 Å². The quantitative estimate of drug-likeness (QED) is 0.369. The van der Waals surface area contributed by atoms with Crippen molar-refractivity contribution < 1.29 is 24.5 Å². The second kappa shape index (κ2) is 10.7. The summed E-state index contributed by atoms with van der Waals surface area (Å²) in [6, 6.07) is 17.8. The Hall–Kier alpha value is -2.52. The Morgan fingerprint density at radius 1 is 1.15 bits per heavy atom. The summed E-state index contributed by atoms with van der Waals surface area (Å²) in [7, 11) is 1.67. The lowest BCUT2D eigenvalue weighted by atomic mass is 9.56. The summed E-state index contributed by atoms with van der Waals surface area (Å²) >= 11 is 6.88. The maximum Gasteiger partial charge on any atom is 0.226 e. The Labute approximate surface area is 239 Å². The molecule has 1 saturated carbocycles. The van der Waals surface area contributed by atoms with Gasteiger partial charge in [-0.2, -0.15) is 0 Å². The van der Waals surface area contributed by atoms with Crippen LogP contribution in [0.25, 0.3) is 21.9 Å². The van der Waals surface area contributed by atoms with Gasteiger partial charge < -0.3 is 30.3 Å². The highest BCUT2D eigenvalue weighted by Crippen LogP contribution is 2.62. The van der Waals surface area contributed by atoms with Gasteiger partial charge in [0.25, 0.3) is 0 Å². The van der Waals surface area contributed by atoms with Crippen LogP contribution in [0.4, 0.5) is 0 Å². The van der Waals surface area contributed by atoms with Crippen LogP contribution in [-0.4, -0.2) is 66.6 Å². The molecule has 2 fully saturated rings. The van der Waals surface area contributed by atoms with Crippen molar-refractivity contribution in [1.29, 1.82) is 0 Å². The van der Waals surface area contributed by atoms with Crippen LogP contribution in [0, 0.1) is 5.92 Å². The van der Waals surface area contributed by atoms with E-state index in [1.807, 2.05) is 30.3 Å². The minimum atomic E-state index is -1.35. The number of rotatable bonds is 7. The van der Waals surface area contributed by atoms with Crippen LogP contribution >= 0.6 is 11.6 Å². The number of morpholine rings is 1. The van der Waals surface area contributed by atoms with Gasteiger partial charge in [-0.15, -0.1) is 0 Å². The molecule has 7 nitrogen and oxygen atoms in total. The summed E-state index contributed by atoms with van der Waals surface area (Å²) < 4.78 is 11.8. The van der Waals surface area contributed by atoms with Gasteiger partial charge >= 0.3 is 0 Å². The van der Waals surface area contributed by atoms with Crippen LogP contribution in [0.5, 0.6) is 0 Å². The molecule has 0 radical (unpaired) electrons. The van der Waals surface area contributed by atoms with Crippen molar-refractivity contribution in [1.82, 2.24) is 4.90 Å². The third-order valence-electron chi connectivity index (χ3n) is 9.21. The Bertz CT molecular complexity index is 1420. The van der Waals surface area contributed by atoms with Crippen molar-refractivity contribution in [3.63, 3.8) is 0 Å². The molecule has 3 aliphatic rings. The van der Waals surface area contributed by atoms with E-state index in [9.17, 15) is 15.0 Å². The van der Waals surface area contributed by atoms with E-state index in [4.69, 9.17) is 26.8 Å². The van der Waals surface area contributed by atoms with Gasteiger partial charge in [0.1, 0.15) is 11.2 Å². The van der Waals surface area contributed by atoms with Crippen LogP contribution in [0.15, 0.2) is 54.6 Å². The first-order chi connectivity index (χ1) is 19.3. The molecule has 0 aromatic heterocycles. The van der Waals surface area contributed by atoms with Gasteiger partial charge in [0.2, 0.25) is 5.91 Å². The fourth-order valence-electron chi connectivity index (χ4n) is 7.12. The zero-order valence-electron chi connectivity index (χ0n) is 22.8. The van der Waals surface area contributed by atoms with E-state index in [0.29, 0.717) is 44.0 Å². The number of halogens is 1. The smallest absolute Gasteiger partial charge is 0.226 e. The fourth-order valence-corrected chi connectivity index (χ4v) is 7.39. The number of unbranched alkanes of at least 4 members (excludes halogenated alkanes) is 1. The lowest BCUT2D eigenvalue weighted by Crippen LogP contribution is -2.68. The Morgan fingerprint density at radius 2 is 1.95 bits per heavy atom. The number of fused-ring (bicyclic) bond motifs is 3. The largest absolute Gasteiger partial charge is 0.391 e. The molecular formula is C32H37ClN2O5. The topological polar surface area (TPSA) is 105 Å². The third-order valence-corrected chi connectivity index (χ3v) is 9.52. The van der Waals surface area contributed by atoms with Gasteiger partial charge in [-0.05, 0) is 66.1 Å². The molecule has 2 aliphatic carbocycles. The zero-order chi connectivity index (χ0) is 28.1. The predicted octanol–water partition coefficient (Wildman–Crippen LogP) is 4.33. The van der Waals surface area contributed by atoms with Crippen LogP contribution in [0.3, 0.4) is 0 Å². The number of aliphatic hydroxyl groups is 2. The first-order valence-corrected chi connectivity index (χ1v) is 14.6. The van der Waals surface area contributed by atoms with Crippen LogP contribution in [-0.2, 0) is 25.5 Å². The molecule has 1 saturated heterocycles. The Kier molecular flexibility index (Phi) is 7.40. The molecule has 0 bridgehead atoms. The number of ether oxygens (including phenoxy) is 2. The van der Waals surface area contributed by atoms with Crippen LogP contribution in [0.2, 0.25) is 5.02 Å². The van der Waals surface area contributed by atoms with Gasteiger partial charge in [-0.3, -0.25) is 4.79 Å². The molecule has 4 N–H and O–H groups in total. The van der Waals surface area contributed by atoms with Crippen molar-refractivity contribution in [3.8, 4) is 11.1 Å². The van der Waals surface area contributed by atoms with Crippen LogP contribution < -0.4 is 5.73 Å². The summed E-state index contributed by atoms with van der Waals surface area (Å²) in [4.78, 5) is 15.4. The number of carbonyl (C=O) groups is 1. The molecule has 3 aromatic rings. The normalized spacial score (nSPS) is 29.5. The minimum Gasteiger partial charge on any atom is -0.391 e. The monoisotopic (exact) mass is 564 g/mol. The summed E-state index contributed by atoms with van der Waals surface area (Å²) in [6.07, 6.45) is 2.11. The van der Waals surface area contributed by atoms with Gasteiger partial charge in [0.05, 0.1) is 19.3 Å². The summed E-state index contributed by atoms with van der Waals surface area (Å²) in [5.74, 6) is -0.360. The average Bonchev–Trinajstić information content (AvgIpc) is 3.32. The molecule has 6 rings (SSSR count). The van der Waals surface area contributed by atoms with Crippen molar-refractivity contribution >= 4 is 28.3 Å². The highest BCUT2D eigenvalue weighted by Gasteiger charge is 2.66. The van der Waals surface area contributed by atoms with Gasteiger partial charge in [-0.25, -0.2) is 0 Å². The minimum absolute atomic E-state index is 0.0337. The number of carbonyl (C=O) groups excluding carboxylic acids is 1. The van der Waals surface area contributed by atoms with Crippen LogP contribution in [0.1, 0.15) is 43.2 Å². The number of benzene rings is 3. The average molecular weight is 565 g/mol. The number of aliphatic hydroxyl groups excluding tert-OH is 1. The Morgan fingerprint density at radius 3 is 2.70 bits per heavy atom. The highest BCUT2D eigenvalue weighted by molar-refractivity contribution is 6.33. The van der Waals surface area contributed by atoms with Gasteiger partial charge in [0, 0.05) is 48.4 Å². The first-order valence-electron chi connectivity index (χ1n) is 14.2. The lowest BCUT2D eigenvalue weighted by molar-refractivity contribution is -0.255. The molecular weight excluding hydrogens is 528 g/mol. The van der Waals surface area contributed by atoms with Gasteiger partial charge in [0.15, 0.2) is 0 Å². The zero-order valence-corrected chi connectivity index (χ0v) is 23.6. The number of amides is 1. The number of hydrogen-bond donors (Lipinski definition) is 3. The van der Waals surface area contributed by atoms with Crippen molar-refractivity contribution in [3.05, 3.63) is 70.7 Å². The predicted molar refractivity (Wildman–Crippen MR) is 155 cm³/mol. The molecule has 1 heterocycles. The van der Waals surface area contributed by atoms with Gasteiger partial charge in [-0.1, -0.05) is 54.1 Å². The van der Waals surface area contributed by atoms with E-state index in [1.54, 1.807) is 12.0 Å². The SMILES string of the molecule is COCCCC[C@@]1(O)c2c(ccc(Cl)c2-c2ccc3ccccc3c2)[C@@]12CN(C(=O)[C@H]1C[C@@H](N)[C@@H](O)C1)CCO2.